The van der Waals surface area contributed by atoms with Crippen molar-refractivity contribution in [2.24, 2.45) is 5.73 Å². The van der Waals surface area contributed by atoms with Gasteiger partial charge in [0, 0.05) is 19.1 Å². The van der Waals surface area contributed by atoms with Crippen LogP contribution in [-0.2, 0) is 4.58 Å². The van der Waals surface area contributed by atoms with E-state index in [1.165, 1.54) is 0 Å². The summed E-state index contributed by atoms with van der Waals surface area (Å²) in [7, 11) is -3.75. The predicted molar refractivity (Wildman–Crippen MR) is 45.3 cm³/mol. The Hall–Kier alpha value is -0.0231. The first-order chi connectivity index (χ1) is 5.62. The van der Waals surface area contributed by atoms with Gasteiger partial charge in [0.2, 0.25) is 0 Å². The summed E-state index contributed by atoms with van der Waals surface area (Å²) in [6.07, 6.45) is 0.541. The van der Waals surface area contributed by atoms with Crippen LogP contribution in [-0.4, -0.2) is 43.3 Å². The van der Waals surface area contributed by atoms with Crippen LogP contribution in [0, 0.1) is 0 Å². The SMILES string of the molecule is NCCNCCC[Si](O)(O)OO. The predicted octanol–water partition coefficient (Wildman–Crippen LogP) is -1.66. The Morgan fingerprint density at radius 3 is 2.50 bits per heavy atom. The van der Waals surface area contributed by atoms with Crippen LogP contribution in [0.2, 0.25) is 6.04 Å². The molecule has 0 saturated heterocycles. The highest BCUT2D eigenvalue weighted by molar-refractivity contribution is 6.57. The summed E-state index contributed by atoms with van der Waals surface area (Å²) >= 11 is 0. The molecule has 74 valence electrons. The van der Waals surface area contributed by atoms with Crippen molar-refractivity contribution in [1.29, 1.82) is 0 Å². The van der Waals surface area contributed by atoms with E-state index < -0.39 is 8.80 Å². The maximum Gasteiger partial charge on any atom is 0.524 e. The minimum absolute atomic E-state index is 0.0844. The molecule has 0 heterocycles. The Labute approximate surface area is 72.3 Å². The molecule has 0 unspecified atom stereocenters. The van der Waals surface area contributed by atoms with Gasteiger partial charge in [0.15, 0.2) is 0 Å². The first-order valence-electron chi connectivity index (χ1n) is 3.80. The van der Waals surface area contributed by atoms with Crippen LogP contribution >= 0.6 is 0 Å². The van der Waals surface area contributed by atoms with Crippen LogP contribution in [0.3, 0.4) is 0 Å². The summed E-state index contributed by atoms with van der Waals surface area (Å²) in [5.74, 6) is 0. The van der Waals surface area contributed by atoms with E-state index in [4.69, 9.17) is 20.6 Å². The van der Waals surface area contributed by atoms with Crippen molar-refractivity contribution in [2.45, 2.75) is 12.5 Å². The van der Waals surface area contributed by atoms with Gasteiger partial charge in [0.25, 0.3) is 0 Å². The quantitative estimate of drug-likeness (QED) is 0.144. The highest BCUT2D eigenvalue weighted by Gasteiger charge is 2.31. The lowest BCUT2D eigenvalue weighted by Crippen LogP contribution is -2.38. The lowest BCUT2D eigenvalue weighted by Gasteiger charge is -2.11. The highest BCUT2D eigenvalue weighted by Crippen LogP contribution is 2.03. The normalized spacial score (nSPS) is 12.0. The molecule has 0 bridgehead atoms. The van der Waals surface area contributed by atoms with Crippen LogP contribution < -0.4 is 11.1 Å². The van der Waals surface area contributed by atoms with Crippen LogP contribution in [0.1, 0.15) is 6.42 Å². The Balaban J connectivity index is 3.19. The molecular weight excluding hydrogens is 180 g/mol. The summed E-state index contributed by atoms with van der Waals surface area (Å²) in [4.78, 5) is 17.7. The second-order valence-corrected chi connectivity index (χ2v) is 4.65. The summed E-state index contributed by atoms with van der Waals surface area (Å²) in [6, 6.07) is 0.0844. The average Bonchev–Trinajstić information content (AvgIpc) is 2.04. The molecule has 0 aromatic heterocycles. The Morgan fingerprint density at radius 1 is 1.33 bits per heavy atom. The van der Waals surface area contributed by atoms with Gasteiger partial charge in [-0.1, -0.05) is 0 Å². The van der Waals surface area contributed by atoms with Crippen molar-refractivity contribution >= 4 is 8.80 Å². The molecule has 0 rings (SSSR count). The van der Waals surface area contributed by atoms with Gasteiger partial charge in [0.05, 0.1) is 0 Å². The molecule has 0 atom stereocenters. The lowest BCUT2D eigenvalue weighted by molar-refractivity contribution is -0.186. The van der Waals surface area contributed by atoms with Gasteiger partial charge in [-0.25, -0.2) is 4.58 Å². The first-order valence-corrected chi connectivity index (χ1v) is 5.81. The Kier molecular flexibility index (Phi) is 6.48. The second kappa shape index (κ2) is 6.49. The molecule has 0 saturated carbocycles. The van der Waals surface area contributed by atoms with Crippen LogP contribution in [0.4, 0.5) is 0 Å². The molecule has 12 heavy (non-hydrogen) atoms. The molecule has 0 amide bonds. The van der Waals surface area contributed by atoms with Gasteiger partial charge in [-0.2, -0.15) is 0 Å². The molecule has 0 aromatic rings. The third kappa shape index (κ3) is 6.67. The molecule has 6 nitrogen and oxygen atoms in total. The zero-order valence-electron chi connectivity index (χ0n) is 6.86. The molecule has 0 aliphatic rings. The fourth-order valence-corrected chi connectivity index (χ4v) is 1.45. The van der Waals surface area contributed by atoms with Crippen molar-refractivity contribution < 1.29 is 19.4 Å². The molecule has 0 radical (unpaired) electrons. The topological polar surface area (TPSA) is 108 Å². The van der Waals surface area contributed by atoms with E-state index in [2.05, 4.69) is 9.89 Å². The van der Waals surface area contributed by atoms with Crippen molar-refractivity contribution in [3.63, 3.8) is 0 Å². The van der Waals surface area contributed by atoms with E-state index in [0.717, 1.165) is 0 Å². The second-order valence-electron chi connectivity index (χ2n) is 2.48. The highest BCUT2D eigenvalue weighted by atomic mass is 28.4. The van der Waals surface area contributed by atoms with E-state index in [1.807, 2.05) is 0 Å². The lowest BCUT2D eigenvalue weighted by atomic mass is 10.5. The Morgan fingerprint density at radius 2 is 2.00 bits per heavy atom. The van der Waals surface area contributed by atoms with Gasteiger partial charge in [-0.15, -0.1) is 0 Å². The minimum atomic E-state index is -3.75. The molecule has 0 aliphatic carbocycles. The van der Waals surface area contributed by atoms with Crippen molar-refractivity contribution in [3.05, 3.63) is 0 Å². The van der Waals surface area contributed by atoms with E-state index in [9.17, 15) is 0 Å². The number of hydrogen-bond donors (Lipinski definition) is 5. The monoisotopic (exact) mass is 196 g/mol. The molecule has 0 aliphatic heterocycles. The summed E-state index contributed by atoms with van der Waals surface area (Å²) in [5.41, 5.74) is 5.21. The third-order valence-electron chi connectivity index (χ3n) is 1.32. The number of rotatable bonds is 7. The molecule has 6 N–H and O–H groups in total. The smallest absolute Gasteiger partial charge is 0.389 e. The summed E-state index contributed by atoms with van der Waals surface area (Å²) in [5, 5.41) is 11.0. The van der Waals surface area contributed by atoms with Gasteiger partial charge in [-0.05, 0) is 13.0 Å². The van der Waals surface area contributed by atoms with Gasteiger partial charge >= 0.3 is 8.80 Å². The maximum absolute atomic E-state index is 8.85. The van der Waals surface area contributed by atoms with Crippen LogP contribution in [0.15, 0.2) is 0 Å². The van der Waals surface area contributed by atoms with Crippen LogP contribution in [0.25, 0.3) is 0 Å². The molecule has 7 heteroatoms. The summed E-state index contributed by atoms with van der Waals surface area (Å²) in [6.45, 7) is 1.89. The van der Waals surface area contributed by atoms with Crippen LogP contribution in [0.5, 0.6) is 0 Å². The fourth-order valence-electron chi connectivity index (χ4n) is 0.716. The molecular formula is C5H16N2O4Si. The van der Waals surface area contributed by atoms with E-state index in [-0.39, 0.29) is 6.04 Å². The number of nitrogens with one attached hydrogen (secondary N) is 1. The molecule has 0 aromatic carbocycles. The molecule has 0 fully saturated rings. The average molecular weight is 196 g/mol. The van der Waals surface area contributed by atoms with E-state index in [1.54, 1.807) is 0 Å². The minimum Gasteiger partial charge on any atom is -0.389 e. The van der Waals surface area contributed by atoms with Gasteiger partial charge in [-0.3, -0.25) is 5.26 Å². The zero-order valence-corrected chi connectivity index (χ0v) is 7.86. The molecule has 0 spiro atoms. The Bertz CT molecular complexity index is 114. The van der Waals surface area contributed by atoms with Crippen molar-refractivity contribution in [1.82, 2.24) is 5.32 Å². The number of nitrogens with two attached hydrogens (primary N) is 1. The summed E-state index contributed by atoms with van der Waals surface area (Å²) < 4.78 is 3.54. The fraction of sp³-hybridized carbons (Fsp3) is 1.00. The largest absolute Gasteiger partial charge is 0.524 e. The third-order valence-corrected chi connectivity index (χ3v) is 2.62. The number of hydrogen-bond acceptors (Lipinski definition) is 6. The maximum atomic E-state index is 8.85. The van der Waals surface area contributed by atoms with E-state index in [0.29, 0.717) is 26.1 Å². The van der Waals surface area contributed by atoms with Gasteiger partial charge in [0.1, 0.15) is 0 Å². The van der Waals surface area contributed by atoms with Gasteiger partial charge < -0.3 is 20.6 Å². The van der Waals surface area contributed by atoms with E-state index >= 15 is 0 Å². The van der Waals surface area contributed by atoms with Crippen molar-refractivity contribution in [2.75, 3.05) is 19.6 Å². The van der Waals surface area contributed by atoms with Crippen molar-refractivity contribution in [3.8, 4) is 0 Å². The standard InChI is InChI=1S/C5H16N2O4Si/c6-2-4-7-3-1-5-12(9,10)11-8/h7-10H,1-6H2. The zero-order chi connectivity index (χ0) is 9.45. The first kappa shape index (κ1) is 12.0.